The summed E-state index contributed by atoms with van der Waals surface area (Å²) in [6, 6.07) is 1.28. The fourth-order valence-electron chi connectivity index (χ4n) is 0.753. The molecule has 0 aliphatic rings. The topological polar surface area (TPSA) is 69.2 Å². The van der Waals surface area contributed by atoms with Gasteiger partial charge in [-0.25, -0.2) is 14.8 Å². The molecule has 0 N–H and O–H groups in total. The monoisotopic (exact) mass is 180 g/mol. The van der Waals surface area contributed by atoms with E-state index < -0.39 is 5.97 Å². The van der Waals surface area contributed by atoms with Crippen LogP contribution in [0.5, 0.6) is 0 Å². The van der Waals surface area contributed by atoms with E-state index in [0.717, 1.165) is 6.33 Å². The van der Waals surface area contributed by atoms with Crippen molar-refractivity contribution < 1.29 is 14.3 Å². The summed E-state index contributed by atoms with van der Waals surface area (Å²) in [5, 5.41) is 0. The van der Waals surface area contributed by atoms with Crippen LogP contribution in [-0.2, 0) is 4.74 Å². The zero-order chi connectivity index (χ0) is 9.68. The van der Waals surface area contributed by atoms with Crippen LogP contribution in [-0.4, -0.2) is 28.8 Å². The number of rotatable bonds is 3. The van der Waals surface area contributed by atoms with Crippen molar-refractivity contribution >= 4 is 12.3 Å². The van der Waals surface area contributed by atoms with E-state index in [2.05, 4.69) is 14.7 Å². The third kappa shape index (κ3) is 2.33. The second kappa shape index (κ2) is 4.30. The Labute approximate surface area is 74.8 Å². The lowest BCUT2D eigenvalue weighted by molar-refractivity contribution is 0.0519. The summed E-state index contributed by atoms with van der Waals surface area (Å²) in [4.78, 5) is 28.7. The molecule has 1 aromatic rings. The Morgan fingerprint density at radius 1 is 1.62 bits per heavy atom. The third-order valence-electron chi connectivity index (χ3n) is 1.29. The first-order valence-electron chi connectivity index (χ1n) is 3.72. The summed E-state index contributed by atoms with van der Waals surface area (Å²) in [5.41, 5.74) is 0.261. The van der Waals surface area contributed by atoms with Crippen molar-refractivity contribution in [2.24, 2.45) is 0 Å². The maximum atomic E-state index is 11.1. The van der Waals surface area contributed by atoms with Crippen molar-refractivity contribution in [1.29, 1.82) is 0 Å². The van der Waals surface area contributed by atoms with Gasteiger partial charge in [-0.3, -0.25) is 4.79 Å². The van der Waals surface area contributed by atoms with Gasteiger partial charge in [-0.05, 0) is 6.92 Å². The number of hydrogen-bond donors (Lipinski definition) is 0. The zero-order valence-corrected chi connectivity index (χ0v) is 7.06. The summed E-state index contributed by atoms with van der Waals surface area (Å²) in [6.45, 7) is 1.97. The molecule has 0 saturated carbocycles. The summed E-state index contributed by atoms with van der Waals surface area (Å²) in [6.07, 6.45) is 1.69. The number of ether oxygens (including phenoxy) is 1. The van der Waals surface area contributed by atoms with Crippen molar-refractivity contribution in [3.63, 3.8) is 0 Å². The van der Waals surface area contributed by atoms with Gasteiger partial charge in [-0.2, -0.15) is 0 Å². The number of hydrogen-bond acceptors (Lipinski definition) is 5. The van der Waals surface area contributed by atoms with E-state index in [1.807, 2.05) is 0 Å². The van der Waals surface area contributed by atoms with Crippen LogP contribution < -0.4 is 0 Å². The molecule has 1 rings (SSSR count). The van der Waals surface area contributed by atoms with Crippen LogP contribution in [0.15, 0.2) is 12.4 Å². The van der Waals surface area contributed by atoms with E-state index in [1.165, 1.54) is 6.07 Å². The van der Waals surface area contributed by atoms with Gasteiger partial charge < -0.3 is 4.74 Å². The molecule has 13 heavy (non-hydrogen) atoms. The minimum Gasteiger partial charge on any atom is -0.461 e. The molecule has 0 aliphatic carbocycles. The molecule has 1 aromatic heterocycles. The van der Waals surface area contributed by atoms with E-state index in [0.29, 0.717) is 6.29 Å². The predicted octanol–water partition coefficient (Wildman–Crippen LogP) is 0.466. The first-order chi connectivity index (χ1) is 6.27. The Morgan fingerprint density at radius 3 is 3.00 bits per heavy atom. The molecule has 1 heterocycles. The van der Waals surface area contributed by atoms with Crippen molar-refractivity contribution in [3.8, 4) is 0 Å². The summed E-state index contributed by atoms with van der Waals surface area (Å²) in [5.74, 6) is -0.548. The maximum Gasteiger partial charge on any atom is 0.357 e. The second-order valence-electron chi connectivity index (χ2n) is 2.17. The summed E-state index contributed by atoms with van der Waals surface area (Å²) in [7, 11) is 0. The Bertz CT molecular complexity index is 325. The van der Waals surface area contributed by atoms with Crippen molar-refractivity contribution in [3.05, 3.63) is 23.8 Å². The third-order valence-corrected chi connectivity index (χ3v) is 1.29. The van der Waals surface area contributed by atoms with Crippen molar-refractivity contribution in [1.82, 2.24) is 9.97 Å². The van der Waals surface area contributed by atoms with Crippen LogP contribution in [0.3, 0.4) is 0 Å². The van der Waals surface area contributed by atoms with Crippen LogP contribution in [0.4, 0.5) is 0 Å². The molecule has 0 aliphatic heterocycles. The number of esters is 1. The zero-order valence-electron chi connectivity index (χ0n) is 7.06. The lowest BCUT2D eigenvalue weighted by atomic mass is 10.3. The lowest BCUT2D eigenvalue weighted by Crippen LogP contribution is -2.08. The molecule has 0 fully saturated rings. The number of carbonyl (C=O) groups excluding carboxylic acids is 2. The molecule has 0 saturated heterocycles. The predicted molar refractivity (Wildman–Crippen MR) is 43.4 cm³/mol. The van der Waals surface area contributed by atoms with Crippen LogP contribution in [0.2, 0.25) is 0 Å². The Morgan fingerprint density at radius 2 is 2.38 bits per heavy atom. The van der Waals surface area contributed by atoms with E-state index >= 15 is 0 Å². The molecule has 0 amide bonds. The molecule has 0 unspecified atom stereocenters. The van der Waals surface area contributed by atoms with Gasteiger partial charge >= 0.3 is 5.97 Å². The highest BCUT2D eigenvalue weighted by molar-refractivity contribution is 5.88. The molecular weight excluding hydrogens is 172 g/mol. The van der Waals surface area contributed by atoms with Gasteiger partial charge in [-0.1, -0.05) is 0 Å². The van der Waals surface area contributed by atoms with E-state index in [9.17, 15) is 9.59 Å². The van der Waals surface area contributed by atoms with Gasteiger partial charge in [0.2, 0.25) is 0 Å². The van der Waals surface area contributed by atoms with E-state index in [4.69, 9.17) is 0 Å². The van der Waals surface area contributed by atoms with Crippen molar-refractivity contribution in [2.45, 2.75) is 6.92 Å². The molecule has 5 heteroatoms. The van der Waals surface area contributed by atoms with Gasteiger partial charge in [0.1, 0.15) is 12.0 Å². The van der Waals surface area contributed by atoms with Gasteiger partial charge in [0.25, 0.3) is 0 Å². The molecule has 0 bridgehead atoms. The molecule has 0 spiro atoms. The quantitative estimate of drug-likeness (QED) is 0.499. The largest absolute Gasteiger partial charge is 0.461 e. The number of aromatic nitrogens is 2. The van der Waals surface area contributed by atoms with Crippen LogP contribution >= 0.6 is 0 Å². The van der Waals surface area contributed by atoms with Crippen LogP contribution in [0.25, 0.3) is 0 Å². The molecule has 68 valence electrons. The van der Waals surface area contributed by atoms with Gasteiger partial charge in [0.05, 0.1) is 6.61 Å². The van der Waals surface area contributed by atoms with Crippen molar-refractivity contribution in [2.75, 3.05) is 6.61 Å². The lowest BCUT2D eigenvalue weighted by Gasteiger charge is -1.99. The molecule has 5 nitrogen and oxygen atoms in total. The summed E-state index contributed by atoms with van der Waals surface area (Å²) >= 11 is 0. The highest BCUT2D eigenvalue weighted by Crippen LogP contribution is 1.98. The Hall–Kier alpha value is -1.78. The SMILES string of the molecule is CCOC(=O)c1cc(C=O)ncn1. The summed E-state index contributed by atoms with van der Waals surface area (Å²) < 4.78 is 4.68. The number of nitrogens with zero attached hydrogens (tertiary/aromatic N) is 2. The Kier molecular flexibility index (Phi) is 3.08. The Balaban J connectivity index is 2.88. The number of carbonyl (C=O) groups is 2. The fraction of sp³-hybridized carbons (Fsp3) is 0.250. The van der Waals surface area contributed by atoms with Crippen LogP contribution in [0, 0.1) is 0 Å². The second-order valence-corrected chi connectivity index (χ2v) is 2.17. The first kappa shape index (κ1) is 9.31. The molecule has 0 atom stereocenters. The molecule has 0 radical (unpaired) electrons. The van der Waals surface area contributed by atoms with Crippen LogP contribution in [0.1, 0.15) is 27.9 Å². The van der Waals surface area contributed by atoms with E-state index in [-0.39, 0.29) is 18.0 Å². The molecule has 0 aromatic carbocycles. The average Bonchev–Trinajstić information content (AvgIpc) is 2.18. The smallest absolute Gasteiger partial charge is 0.357 e. The first-order valence-corrected chi connectivity index (χ1v) is 3.72. The average molecular weight is 180 g/mol. The van der Waals surface area contributed by atoms with Gasteiger partial charge in [0, 0.05) is 6.07 Å². The van der Waals surface area contributed by atoms with E-state index in [1.54, 1.807) is 6.92 Å². The minimum absolute atomic E-state index is 0.0963. The van der Waals surface area contributed by atoms with Gasteiger partial charge in [0.15, 0.2) is 12.0 Å². The molecular formula is C8H8N2O3. The van der Waals surface area contributed by atoms with Gasteiger partial charge in [-0.15, -0.1) is 0 Å². The highest BCUT2D eigenvalue weighted by atomic mass is 16.5. The standard InChI is InChI=1S/C8H8N2O3/c1-2-13-8(12)7-3-6(4-11)9-5-10-7/h3-5H,2H2,1H3. The normalized spacial score (nSPS) is 9.31. The number of aldehydes is 1. The minimum atomic E-state index is -0.548. The highest BCUT2D eigenvalue weighted by Gasteiger charge is 2.08. The maximum absolute atomic E-state index is 11.1. The fourth-order valence-corrected chi connectivity index (χ4v) is 0.753.